The van der Waals surface area contributed by atoms with Crippen LogP contribution in [0, 0.1) is 0 Å². The lowest BCUT2D eigenvalue weighted by Crippen LogP contribution is -2.35. The third-order valence-corrected chi connectivity index (χ3v) is 6.57. The number of amides is 3. The van der Waals surface area contributed by atoms with E-state index in [9.17, 15) is 23.1 Å². The van der Waals surface area contributed by atoms with Crippen molar-refractivity contribution in [1.29, 1.82) is 0 Å². The Kier molecular flexibility index (Phi) is 6.99. The maximum absolute atomic E-state index is 13.6. The summed E-state index contributed by atoms with van der Waals surface area (Å²) in [5, 5.41) is 0. The predicted molar refractivity (Wildman–Crippen MR) is 124 cm³/mol. The smallest absolute Gasteiger partial charge is 0.264 e. The van der Waals surface area contributed by atoms with Crippen molar-refractivity contribution in [3.05, 3.63) is 53.1 Å². The standard InChI is InChI=1S/C24H26N2O7S/c1-3-33-21-13-15(7-10-20(21)32-2)18(11-12-34(30)31)26-23(28)17-5-4-6-19(22(17)24(26)29)25(14-27)16-8-9-16/h4-7,10,13-14,16,18H,3,8-9,11-12H2,1-2H3,(H,30,31)/p-1/t18-/m0/s1. The Labute approximate surface area is 199 Å². The van der Waals surface area contributed by atoms with E-state index in [1.54, 1.807) is 36.4 Å². The minimum atomic E-state index is -2.37. The van der Waals surface area contributed by atoms with Gasteiger partial charge in [-0.2, -0.15) is 0 Å². The van der Waals surface area contributed by atoms with Crippen molar-refractivity contribution < 1.29 is 32.6 Å². The third-order valence-electron chi connectivity index (χ3n) is 6.00. The number of nitrogens with zero attached hydrogens (tertiary/aromatic N) is 2. The van der Waals surface area contributed by atoms with Crippen LogP contribution in [-0.2, 0) is 15.9 Å². The Morgan fingerprint density at radius 3 is 2.59 bits per heavy atom. The van der Waals surface area contributed by atoms with E-state index < -0.39 is 28.9 Å². The summed E-state index contributed by atoms with van der Waals surface area (Å²) in [5.41, 5.74) is 1.30. The molecule has 0 saturated heterocycles. The van der Waals surface area contributed by atoms with Gasteiger partial charge in [-0.25, -0.2) is 0 Å². The van der Waals surface area contributed by atoms with E-state index in [0.29, 0.717) is 35.8 Å². The minimum absolute atomic E-state index is 0.00876. The van der Waals surface area contributed by atoms with Crippen LogP contribution in [0.2, 0.25) is 0 Å². The van der Waals surface area contributed by atoms with E-state index in [2.05, 4.69) is 0 Å². The topological polar surface area (TPSA) is 116 Å². The SMILES string of the molecule is CCOc1cc([C@H](CCS(=O)[O-])N2C(=O)c3cccc(N(C=O)C4CC4)c3C2=O)ccc1OC. The monoisotopic (exact) mass is 485 g/mol. The fraction of sp³-hybridized carbons (Fsp3) is 0.375. The summed E-state index contributed by atoms with van der Waals surface area (Å²) in [7, 11) is 1.50. The number of imide groups is 1. The second-order valence-electron chi connectivity index (χ2n) is 8.08. The molecule has 0 aromatic heterocycles. The molecule has 0 spiro atoms. The van der Waals surface area contributed by atoms with Crippen molar-refractivity contribution in [2.45, 2.75) is 38.3 Å². The Balaban J connectivity index is 1.77. The zero-order valence-corrected chi connectivity index (χ0v) is 19.7. The van der Waals surface area contributed by atoms with Crippen LogP contribution >= 0.6 is 0 Å². The first-order chi connectivity index (χ1) is 16.4. The number of anilines is 1. The quantitative estimate of drug-likeness (QED) is 0.273. The zero-order valence-electron chi connectivity index (χ0n) is 18.9. The van der Waals surface area contributed by atoms with E-state index in [1.165, 1.54) is 12.0 Å². The Morgan fingerprint density at radius 2 is 1.97 bits per heavy atom. The van der Waals surface area contributed by atoms with E-state index in [0.717, 1.165) is 17.7 Å². The Hall–Kier alpha value is -3.24. The first kappa shape index (κ1) is 23.9. The van der Waals surface area contributed by atoms with Gasteiger partial charge in [-0.1, -0.05) is 23.2 Å². The number of carbonyl (C=O) groups is 3. The summed E-state index contributed by atoms with van der Waals surface area (Å²) in [6, 6.07) is 9.01. The molecule has 2 aromatic rings. The molecule has 34 heavy (non-hydrogen) atoms. The third kappa shape index (κ3) is 4.43. The van der Waals surface area contributed by atoms with Crippen molar-refractivity contribution >= 4 is 35.0 Å². The summed E-state index contributed by atoms with van der Waals surface area (Å²) in [6.45, 7) is 2.18. The second kappa shape index (κ2) is 9.94. The molecule has 9 nitrogen and oxygen atoms in total. The van der Waals surface area contributed by atoms with Crippen molar-refractivity contribution in [2.24, 2.45) is 0 Å². The van der Waals surface area contributed by atoms with E-state index in [-0.39, 0.29) is 29.3 Å². The number of carbonyl (C=O) groups excluding carboxylic acids is 3. The van der Waals surface area contributed by atoms with Crippen molar-refractivity contribution in [1.82, 2.24) is 4.90 Å². The van der Waals surface area contributed by atoms with Gasteiger partial charge in [0.2, 0.25) is 6.41 Å². The highest BCUT2D eigenvalue weighted by atomic mass is 32.2. The summed E-state index contributed by atoms with van der Waals surface area (Å²) < 4.78 is 33.7. The van der Waals surface area contributed by atoms with Gasteiger partial charge in [-0.3, -0.25) is 23.5 Å². The molecular weight excluding hydrogens is 460 g/mol. The lowest BCUT2D eigenvalue weighted by atomic mass is 10.0. The molecule has 3 amide bonds. The van der Waals surface area contributed by atoms with Gasteiger partial charge in [0.05, 0.1) is 36.6 Å². The molecule has 2 aliphatic rings. The molecule has 1 heterocycles. The van der Waals surface area contributed by atoms with Gasteiger partial charge in [0.15, 0.2) is 11.5 Å². The molecule has 0 radical (unpaired) electrons. The molecular formula is C24H25N2O7S-. The van der Waals surface area contributed by atoms with Gasteiger partial charge in [-0.05, 0) is 56.0 Å². The van der Waals surface area contributed by atoms with E-state index in [1.807, 2.05) is 6.92 Å². The van der Waals surface area contributed by atoms with E-state index in [4.69, 9.17) is 9.47 Å². The van der Waals surface area contributed by atoms with Gasteiger partial charge in [0, 0.05) is 11.8 Å². The van der Waals surface area contributed by atoms with Crippen LogP contribution in [0.15, 0.2) is 36.4 Å². The average Bonchev–Trinajstić information content (AvgIpc) is 3.63. The van der Waals surface area contributed by atoms with Crippen LogP contribution in [0.1, 0.15) is 58.5 Å². The minimum Gasteiger partial charge on any atom is -0.772 e. The first-order valence-corrected chi connectivity index (χ1v) is 12.3. The largest absolute Gasteiger partial charge is 0.772 e. The summed E-state index contributed by atoms with van der Waals surface area (Å²) in [5.74, 6) is -0.428. The van der Waals surface area contributed by atoms with Crippen LogP contribution in [-0.4, -0.2) is 57.4 Å². The maximum atomic E-state index is 13.6. The summed E-state index contributed by atoms with van der Waals surface area (Å²) in [4.78, 5) is 41.4. The van der Waals surface area contributed by atoms with Crippen molar-refractivity contribution in [3.63, 3.8) is 0 Å². The second-order valence-corrected chi connectivity index (χ2v) is 9.10. The molecule has 0 N–H and O–H groups in total. The number of hydrogen-bond acceptors (Lipinski definition) is 7. The van der Waals surface area contributed by atoms with Gasteiger partial charge in [-0.15, -0.1) is 0 Å². The van der Waals surface area contributed by atoms with Crippen molar-refractivity contribution in [2.75, 3.05) is 24.4 Å². The molecule has 1 fully saturated rings. The van der Waals surface area contributed by atoms with Crippen LogP contribution < -0.4 is 14.4 Å². The number of fused-ring (bicyclic) bond motifs is 1. The molecule has 1 unspecified atom stereocenters. The number of rotatable bonds is 11. The van der Waals surface area contributed by atoms with Gasteiger partial charge >= 0.3 is 0 Å². The molecule has 0 bridgehead atoms. The predicted octanol–water partition coefficient (Wildman–Crippen LogP) is 2.83. The average molecular weight is 486 g/mol. The lowest BCUT2D eigenvalue weighted by molar-refractivity contribution is -0.107. The molecule has 2 atom stereocenters. The number of benzene rings is 2. The number of ether oxygens (including phenoxy) is 2. The molecule has 1 aliphatic carbocycles. The van der Waals surface area contributed by atoms with Crippen LogP contribution in [0.4, 0.5) is 5.69 Å². The highest BCUT2D eigenvalue weighted by Gasteiger charge is 2.44. The van der Waals surface area contributed by atoms with E-state index >= 15 is 0 Å². The molecule has 2 aromatic carbocycles. The highest BCUT2D eigenvalue weighted by Crippen LogP contribution is 2.41. The molecule has 1 aliphatic heterocycles. The van der Waals surface area contributed by atoms with Gasteiger partial charge in [0.1, 0.15) is 0 Å². The summed E-state index contributed by atoms with van der Waals surface area (Å²) >= 11 is -2.37. The van der Waals surface area contributed by atoms with Gasteiger partial charge in [0.25, 0.3) is 11.8 Å². The van der Waals surface area contributed by atoms with Crippen LogP contribution in [0.3, 0.4) is 0 Å². The fourth-order valence-corrected chi connectivity index (χ4v) is 4.71. The maximum Gasteiger partial charge on any atom is 0.264 e. The lowest BCUT2D eigenvalue weighted by Gasteiger charge is -2.28. The first-order valence-electron chi connectivity index (χ1n) is 11.0. The molecule has 10 heteroatoms. The summed E-state index contributed by atoms with van der Waals surface area (Å²) in [6.07, 6.45) is 2.36. The van der Waals surface area contributed by atoms with Crippen LogP contribution in [0.25, 0.3) is 0 Å². The fourth-order valence-electron chi connectivity index (χ4n) is 4.30. The van der Waals surface area contributed by atoms with Crippen LogP contribution in [0.5, 0.6) is 11.5 Å². The normalized spacial score (nSPS) is 16.7. The highest BCUT2D eigenvalue weighted by molar-refractivity contribution is 7.79. The zero-order chi connectivity index (χ0) is 24.4. The Bertz CT molecular complexity index is 1150. The number of hydrogen-bond donors (Lipinski definition) is 0. The molecule has 180 valence electrons. The molecule has 1 saturated carbocycles. The Morgan fingerprint density at radius 1 is 1.21 bits per heavy atom. The van der Waals surface area contributed by atoms with Crippen molar-refractivity contribution in [3.8, 4) is 11.5 Å². The molecule has 4 rings (SSSR count). The number of methoxy groups -OCH3 is 1. The van der Waals surface area contributed by atoms with Gasteiger partial charge < -0.3 is 18.9 Å².